The Kier molecular flexibility index (Phi) is 5.65. The Bertz CT molecular complexity index is 1350. The minimum absolute atomic E-state index is 0.0715. The molecule has 4 aromatic rings. The van der Waals surface area contributed by atoms with Crippen LogP contribution in [0.2, 0.25) is 0 Å². The maximum Gasteiger partial charge on any atom is 0.253 e. The van der Waals surface area contributed by atoms with Crippen LogP contribution >= 0.6 is 0 Å². The minimum Gasteiger partial charge on any atom is -0.459 e. The zero-order valence-electron chi connectivity index (χ0n) is 18.9. The molecule has 1 saturated heterocycles. The first-order chi connectivity index (χ1) is 16.3. The van der Waals surface area contributed by atoms with Crippen LogP contribution in [0.25, 0.3) is 33.2 Å². The molecular formula is C27H25F2N3O2. The van der Waals surface area contributed by atoms with Gasteiger partial charge in [0.1, 0.15) is 11.3 Å². The molecule has 1 aliphatic rings. The number of aryl methyl sites for hydroxylation is 1. The van der Waals surface area contributed by atoms with E-state index in [0.29, 0.717) is 17.9 Å². The molecule has 2 aromatic carbocycles. The van der Waals surface area contributed by atoms with Crippen LogP contribution in [0.4, 0.5) is 8.78 Å². The van der Waals surface area contributed by atoms with Gasteiger partial charge in [0.15, 0.2) is 0 Å². The molecular weight excluding hydrogens is 436 g/mol. The van der Waals surface area contributed by atoms with Gasteiger partial charge < -0.3 is 15.1 Å². The average Bonchev–Trinajstić information content (AvgIpc) is 3.27. The first-order valence-electron chi connectivity index (χ1n) is 11.3. The van der Waals surface area contributed by atoms with Crippen LogP contribution in [0.1, 0.15) is 34.5 Å². The smallest absolute Gasteiger partial charge is 0.253 e. The molecule has 2 aromatic heterocycles. The van der Waals surface area contributed by atoms with Crippen LogP contribution in [0.5, 0.6) is 0 Å². The Balaban J connectivity index is 1.50. The number of hydrogen-bond acceptors (Lipinski definition) is 4. The standard InChI is InChI=1S/C27H25F2N3O2/c1-17-6-9-31-16-24(17)23-14-20(12-21-13-22(15-30)34-25(21)23)18-2-4-19(5-3-18)26(33)32-10-7-27(28,29)8-11-32/h2-6,9,12-14,16H,7-8,10-11,15,30H2,1H3. The molecule has 5 nitrogen and oxygen atoms in total. The summed E-state index contributed by atoms with van der Waals surface area (Å²) in [6, 6.07) is 15.3. The number of benzene rings is 2. The highest BCUT2D eigenvalue weighted by molar-refractivity contribution is 5.98. The summed E-state index contributed by atoms with van der Waals surface area (Å²) < 4.78 is 32.9. The molecule has 1 amide bonds. The van der Waals surface area contributed by atoms with E-state index in [1.165, 1.54) is 4.90 Å². The number of rotatable bonds is 4. The van der Waals surface area contributed by atoms with Gasteiger partial charge in [-0.1, -0.05) is 12.1 Å². The third-order valence-electron chi connectivity index (χ3n) is 6.45. The largest absolute Gasteiger partial charge is 0.459 e. The summed E-state index contributed by atoms with van der Waals surface area (Å²) in [5.74, 6) is -2.20. The van der Waals surface area contributed by atoms with Crippen molar-refractivity contribution in [3.63, 3.8) is 0 Å². The topological polar surface area (TPSA) is 72.4 Å². The molecule has 2 N–H and O–H groups in total. The number of carbonyl (C=O) groups excluding carboxylic acids is 1. The molecule has 34 heavy (non-hydrogen) atoms. The van der Waals surface area contributed by atoms with Gasteiger partial charge in [-0.25, -0.2) is 8.78 Å². The Morgan fingerprint density at radius 3 is 2.47 bits per heavy atom. The number of carbonyl (C=O) groups is 1. The Morgan fingerprint density at radius 1 is 1.06 bits per heavy atom. The van der Waals surface area contributed by atoms with E-state index in [0.717, 1.165) is 38.8 Å². The quantitative estimate of drug-likeness (QED) is 0.417. The predicted octanol–water partition coefficient (Wildman–Crippen LogP) is 5.80. The van der Waals surface area contributed by atoms with Crippen LogP contribution in [-0.2, 0) is 6.54 Å². The molecule has 1 fully saturated rings. The molecule has 0 saturated carbocycles. The number of hydrogen-bond donors (Lipinski definition) is 1. The van der Waals surface area contributed by atoms with Crippen molar-refractivity contribution in [2.24, 2.45) is 5.73 Å². The van der Waals surface area contributed by atoms with Gasteiger partial charge in [0, 0.05) is 60.4 Å². The van der Waals surface area contributed by atoms with E-state index in [2.05, 4.69) is 11.1 Å². The molecule has 5 rings (SSSR count). The van der Waals surface area contributed by atoms with Crippen molar-refractivity contribution in [2.75, 3.05) is 13.1 Å². The number of alkyl halides is 2. The fraction of sp³-hybridized carbons (Fsp3) is 0.259. The molecule has 7 heteroatoms. The lowest BCUT2D eigenvalue weighted by Crippen LogP contribution is -2.42. The molecule has 0 atom stereocenters. The maximum atomic E-state index is 13.4. The molecule has 0 bridgehead atoms. The molecule has 0 spiro atoms. The molecule has 0 unspecified atom stereocenters. The Hall–Kier alpha value is -3.58. The third-order valence-corrected chi connectivity index (χ3v) is 6.45. The SMILES string of the molecule is Cc1ccncc1-c1cc(-c2ccc(C(=O)N3CCC(F)(F)CC3)cc2)cc2cc(CN)oc12. The van der Waals surface area contributed by atoms with Crippen molar-refractivity contribution < 1.29 is 18.0 Å². The fourth-order valence-electron chi connectivity index (χ4n) is 4.44. The number of fused-ring (bicyclic) bond motifs is 1. The van der Waals surface area contributed by atoms with Gasteiger partial charge in [0.25, 0.3) is 11.8 Å². The second-order valence-electron chi connectivity index (χ2n) is 8.78. The van der Waals surface area contributed by atoms with Crippen LogP contribution in [0, 0.1) is 6.92 Å². The molecule has 174 valence electrons. The second kappa shape index (κ2) is 8.65. The average molecular weight is 462 g/mol. The van der Waals surface area contributed by atoms with Crippen molar-refractivity contribution >= 4 is 16.9 Å². The molecule has 1 aliphatic heterocycles. The van der Waals surface area contributed by atoms with Crippen molar-refractivity contribution in [3.8, 4) is 22.3 Å². The number of amides is 1. The first-order valence-corrected chi connectivity index (χ1v) is 11.3. The number of likely N-dealkylation sites (tertiary alicyclic amines) is 1. The minimum atomic E-state index is -2.68. The van der Waals surface area contributed by atoms with Crippen LogP contribution in [-0.4, -0.2) is 34.8 Å². The zero-order valence-corrected chi connectivity index (χ0v) is 18.9. The molecule has 3 heterocycles. The number of nitrogens with two attached hydrogens (primary N) is 1. The maximum absolute atomic E-state index is 13.4. The summed E-state index contributed by atoms with van der Waals surface area (Å²) in [6.07, 6.45) is 3.00. The summed E-state index contributed by atoms with van der Waals surface area (Å²) in [5, 5.41) is 0.936. The lowest BCUT2D eigenvalue weighted by atomic mass is 9.95. The van der Waals surface area contributed by atoms with E-state index in [1.54, 1.807) is 18.3 Å². The highest BCUT2D eigenvalue weighted by Gasteiger charge is 2.35. The lowest BCUT2D eigenvalue weighted by Gasteiger charge is -2.31. The van der Waals surface area contributed by atoms with E-state index >= 15 is 0 Å². The normalized spacial score (nSPS) is 15.6. The monoisotopic (exact) mass is 461 g/mol. The van der Waals surface area contributed by atoms with E-state index in [-0.39, 0.29) is 31.8 Å². The summed E-state index contributed by atoms with van der Waals surface area (Å²) in [4.78, 5) is 18.6. The zero-order chi connectivity index (χ0) is 23.9. The number of nitrogens with zero attached hydrogens (tertiary/aromatic N) is 2. The first kappa shape index (κ1) is 22.2. The number of furan rings is 1. The lowest BCUT2D eigenvalue weighted by molar-refractivity contribution is -0.0494. The van der Waals surface area contributed by atoms with Gasteiger partial charge in [0.2, 0.25) is 0 Å². The van der Waals surface area contributed by atoms with Crippen LogP contribution < -0.4 is 5.73 Å². The van der Waals surface area contributed by atoms with Crippen molar-refractivity contribution in [1.82, 2.24) is 9.88 Å². The second-order valence-corrected chi connectivity index (χ2v) is 8.78. The fourth-order valence-corrected chi connectivity index (χ4v) is 4.44. The van der Waals surface area contributed by atoms with E-state index < -0.39 is 5.92 Å². The van der Waals surface area contributed by atoms with Gasteiger partial charge in [0.05, 0.1) is 6.54 Å². The number of aromatic nitrogens is 1. The van der Waals surface area contributed by atoms with Gasteiger partial charge in [-0.2, -0.15) is 0 Å². The molecule has 0 aliphatic carbocycles. The highest BCUT2D eigenvalue weighted by atomic mass is 19.3. The van der Waals surface area contributed by atoms with Crippen LogP contribution in [0.15, 0.2) is 65.3 Å². The summed E-state index contributed by atoms with van der Waals surface area (Å²) in [7, 11) is 0. The third kappa shape index (κ3) is 4.19. The predicted molar refractivity (Wildman–Crippen MR) is 128 cm³/mol. The number of piperidine rings is 1. The summed E-state index contributed by atoms with van der Waals surface area (Å²) in [6.45, 7) is 2.47. The van der Waals surface area contributed by atoms with Gasteiger partial charge in [-0.3, -0.25) is 9.78 Å². The Labute approximate surface area is 196 Å². The Morgan fingerprint density at radius 2 is 1.79 bits per heavy atom. The van der Waals surface area contributed by atoms with E-state index in [4.69, 9.17) is 10.2 Å². The van der Waals surface area contributed by atoms with Crippen molar-refractivity contribution in [2.45, 2.75) is 32.2 Å². The van der Waals surface area contributed by atoms with Gasteiger partial charge >= 0.3 is 0 Å². The number of halogens is 2. The van der Waals surface area contributed by atoms with Crippen molar-refractivity contribution in [3.05, 3.63) is 77.8 Å². The summed E-state index contributed by atoms with van der Waals surface area (Å²) >= 11 is 0. The van der Waals surface area contributed by atoms with E-state index in [9.17, 15) is 13.6 Å². The van der Waals surface area contributed by atoms with Gasteiger partial charge in [-0.05, 0) is 60.0 Å². The number of pyridine rings is 1. The van der Waals surface area contributed by atoms with Crippen molar-refractivity contribution in [1.29, 1.82) is 0 Å². The van der Waals surface area contributed by atoms with Gasteiger partial charge in [-0.15, -0.1) is 0 Å². The van der Waals surface area contributed by atoms with E-state index in [1.807, 2.05) is 43.5 Å². The van der Waals surface area contributed by atoms with Crippen LogP contribution in [0.3, 0.4) is 0 Å². The molecule has 0 radical (unpaired) electrons. The summed E-state index contributed by atoms with van der Waals surface area (Å²) in [5.41, 5.74) is 11.9. The highest BCUT2D eigenvalue weighted by Crippen LogP contribution is 2.37.